The van der Waals surface area contributed by atoms with E-state index in [4.69, 9.17) is 4.74 Å². The van der Waals surface area contributed by atoms with E-state index in [1.54, 1.807) is 4.90 Å². The number of carboxylic acid groups (broad SMARTS) is 1. The lowest BCUT2D eigenvalue weighted by Crippen LogP contribution is -2.39. The molecule has 3 heterocycles. The number of anilines is 1. The SMILES string of the molecule is O=C(O)[C@]12COC[C@H]1CN(c1ncc(C(F)(F)F)s1)C2. The monoisotopic (exact) mass is 308 g/mol. The first-order chi connectivity index (χ1) is 9.33. The largest absolute Gasteiger partial charge is 0.481 e. The van der Waals surface area contributed by atoms with Crippen molar-refractivity contribution in [3.63, 3.8) is 0 Å². The van der Waals surface area contributed by atoms with Crippen LogP contribution in [0.3, 0.4) is 0 Å². The maximum atomic E-state index is 12.6. The predicted molar refractivity (Wildman–Crippen MR) is 63.7 cm³/mol. The molecule has 0 bridgehead atoms. The van der Waals surface area contributed by atoms with Crippen LogP contribution in [0.25, 0.3) is 0 Å². The molecule has 2 saturated heterocycles. The molecule has 0 aromatic carbocycles. The highest BCUT2D eigenvalue weighted by Gasteiger charge is 2.56. The Morgan fingerprint density at radius 1 is 1.60 bits per heavy atom. The Morgan fingerprint density at radius 2 is 2.35 bits per heavy atom. The van der Waals surface area contributed by atoms with Crippen LogP contribution in [-0.4, -0.2) is 42.4 Å². The number of nitrogens with zero attached hydrogens (tertiary/aromatic N) is 2. The van der Waals surface area contributed by atoms with Crippen LogP contribution < -0.4 is 4.90 Å². The second-order valence-corrected chi connectivity index (χ2v) is 6.07. The average molecular weight is 308 g/mol. The molecule has 0 aliphatic carbocycles. The number of ether oxygens (including phenoxy) is 1. The summed E-state index contributed by atoms with van der Waals surface area (Å²) in [5.74, 6) is -1.17. The number of aliphatic carboxylic acids is 1. The van der Waals surface area contributed by atoms with Crippen LogP contribution in [0, 0.1) is 11.3 Å². The summed E-state index contributed by atoms with van der Waals surface area (Å²) in [5, 5.41) is 9.58. The van der Waals surface area contributed by atoms with E-state index >= 15 is 0 Å². The van der Waals surface area contributed by atoms with Gasteiger partial charge in [-0.3, -0.25) is 4.79 Å². The summed E-state index contributed by atoms with van der Waals surface area (Å²) in [7, 11) is 0. The van der Waals surface area contributed by atoms with E-state index in [2.05, 4.69) is 4.98 Å². The fraction of sp³-hybridized carbons (Fsp3) is 0.636. The maximum absolute atomic E-state index is 12.6. The van der Waals surface area contributed by atoms with Gasteiger partial charge >= 0.3 is 12.1 Å². The van der Waals surface area contributed by atoms with Crippen molar-refractivity contribution in [3.8, 4) is 0 Å². The molecule has 5 nitrogen and oxygen atoms in total. The third-order valence-corrected chi connectivity index (χ3v) is 4.95. The lowest BCUT2D eigenvalue weighted by molar-refractivity contribution is -0.149. The smallest absolute Gasteiger partial charge is 0.427 e. The standard InChI is InChI=1S/C11H11F3N2O3S/c12-11(13,14)7-1-15-9(20-7)16-2-6-3-19-5-10(6,4-16)8(17)18/h1,6H,2-5H2,(H,17,18)/t6-,10-/m1/s1. The van der Waals surface area contributed by atoms with Crippen LogP contribution in [-0.2, 0) is 15.7 Å². The highest BCUT2D eigenvalue weighted by Crippen LogP contribution is 2.45. The van der Waals surface area contributed by atoms with Crippen LogP contribution in [0.15, 0.2) is 6.20 Å². The Labute approximate surface area is 116 Å². The van der Waals surface area contributed by atoms with E-state index in [0.29, 0.717) is 24.5 Å². The number of carboxylic acids is 1. The fourth-order valence-corrected chi connectivity index (χ4v) is 3.52. The summed E-state index contributed by atoms with van der Waals surface area (Å²) in [4.78, 5) is 16.1. The highest BCUT2D eigenvalue weighted by atomic mass is 32.1. The number of rotatable bonds is 2. The molecule has 0 unspecified atom stereocenters. The number of thiazole rings is 1. The number of fused-ring (bicyclic) bond motifs is 1. The molecule has 2 atom stereocenters. The Kier molecular flexibility index (Phi) is 2.94. The number of alkyl halides is 3. The molecule has 0 saturated carbocycles. The number of halogens is 3. The second kappa shape index (κ2) is 4.32. The van der Waals surface area contributed by atoms with Crippen LogP contribution in [0.2, 0.25) is 0 Å². The van der Waals surface area contributed by atoms with Gasteiger partial charge in [0, 0.05) is 19.0 Å². The van der Waals surface area contributed by atoms with E-state index in [9.17, 15) is 23.1 Å². The zero-order valence-electron chi connectivity index (χ0n) is 10.2. The summed E-state index contributed by atoms with van der Waals surface area (Å²) in [6.45, 7) is 0.913. The normalized spacial score (nSPS) is 29.8. The number of hydrogen-bond acceptors (Lipinski definition) is 5. The van der Waals surface area contributed by atoms with Crippen molar-refractivity contribution in [2.24, 2.45) is 11.3 Å². The van der Waals surface area contributed by atoms with Gasteiger partial charge in [0.05, 0.1) is 19.4 Å². The fourth-order valence-electron chi connectivity index (χ4n) is 2.73. The Morgan fingerprint density at radius 3 is 2.90 bits per heavy atom. The maximum Gasteiger partial charge on any atom is 0.427 e. The van der Waals surface area contributed by atoms with Gasteiger partial charge in [-0.1, -0.05) is 11.3 Å². The average Bonchev–Trinajstić information content (AvgIpc) is 3.00. The van der Waals surface area contributed by atoms with Crippen molar-refractivity contribution in [1.29, 1.82) is 0 Å². The minimum Gasteiger partial charge on any atom is -0.481 e. The van der Waals surface area contributed by atoms with Crippen molar-refractivity contribution in [2.45, 2.75) is 6.18 Å². The molecule has 0 spiro atoms. The topological polar surface area (TPSA) is 62.7 Å². The molecule has 1 aromatic rings. The van der Waals surface area contributed by atoms with E-state index in [-0.39, 0.29) is 24.2 Å². The van der Waals surface area contributed by atoms with Gasteiger partial charge in [0.15, 0.2) is 5.13 Å². The van der Waals surface area contributed by atoms with Gasteiger partial charge in [-0.05, 0) is 0 Å². The summed E-state index contributed by atoms with van der Waals surface area (Å²) in [6.07, 6.45) is -3.63. The first kappa shape index (κ1) is 13.6. The van der Waals surface area contributed by atoms with Gasteiger partial charge in [-0.15, -0.1) is 0 Å². The van der Waals surface area contributed by atoms with Crippen molar-refractivity contribution < 1.29 is 27.8 Å². The third kappa shape index (κ3) is 1.96. The van der Waals surface area contributed by atoms with Crippen LogP contribution >= 0.6 is 11.3 Å². The summed E-state index contributed by atoms with van der Waals surface area (Å²) < 4.78 is 42.9. The number of aromatic nitrogens is 1. The molecule has 3 rings (SSSR count). The summed E-state index contributed by atoms with van der Waals surface area (Å²) in [5.41, 5.74) is -1.02. The molecular weight excluding hydrogens is 297 g/mol. The van der Waals surface area contributed by atoms with Gasteiger partial charge in [-0.25, -0.2) is 4.98 Å². The van der Waals surface area contributed by atoms with Gasteiger partial charge in [0.25, 0.3) is 0 Å². The van der Waals surface area contributed by atoms with Crippen LogP contribution in [0.5, 0.6) is 0 Å². The lowest BCUT2D eigenvalue weighted by Gasteiger charge is -2.21. The predicted octanol–water partition coefficient (Wildman–Crippen LogP) is 1.70. The van der Waals surface area contributed by atoms with E-state index in [1.165, 1.54) is 0 Å². The Hall–Kier alpha value is -1.35. The molecule has 0 radical (unpaired) electrons. The van der Waals surface area contributed by atoms with Gasteiger partial charge in [0.2, 0.25) is 0 Å². The highest BCUT2D eigenvalue weighted by molar-refractivity contribution is 7.15. The van der Waals surface area contributed by atoms with Crippen molar-refractivity contribution >= 4 is 22.4 Å². The quantitative estimate of drug-likeness (QED) is 0.901. The molecule has 110 valence electrons. The minimum absolute atomic E-state index is 0.0982. The molecule has 1 aromatic heterocycles. The summed E-state index contributed by atoms with van der Waals surface area (Å²) >= 11 is 0.542. The minimum atomic E-state index is -4.42. The van der Waals surface area contributed by atoms with Gasteiger partial charge < -0.3 is 14.7 Å². The molecule has 1 N–H and O–H groups in total. The van der Waals surface area contributed by atoms with E-state index in [0.717, 1.165) is 6.20 Å². The summed E-state index contributed by atoms with van der Waals surface area (Å²) in [6, 6.07) is 0. The first-order valence-electron chi connectivity index (χ1n) is 5.92. The molecule has 0 amide bonds. The third-order valence-electron chi connectivity index (χ3n) is 3.84. The van der Waals surface area contributed by atoms with Crippen molar-refractivity contribution in [3.05, 3.63) is 11.1 Å². The number of carbonyl (C=O) groups is 1. The van der Waals surface area contributed by atoms with E-state index < -0.39 is 22.4 Å². The molecular formula is C11H11F3N2O3S. The van der Waals surface area contributed by atoms with Crippen molar-refractivity contribution in [2.75, 3.05) is 31.2 Å². The molecule has 20 heavy (non-hydrogen) atoms. The molecule has 2 fully saturated rings. The second-order valence-electron chi connectivity index (χ2n) is 5.06. The van der Waals surface area contributed by atoms with Crippen LogP contribution in [0.1, 0.15) is 4.88 Å². The van der Waals surface area contributed by atoms with Gasteiger partial charge in [-0.2, -0.15) is 13.2 Å². The van der Waals surface area contributed by atoms with Gasteiger partial charge in [0.1, 0.15) is 10.3 Å². The Balaban J connectivity index is 1.84. The lowest BCUT2D eigenvalue weighted by atomic mass is 9.81. The molecule has 2 aliphatic rings. The Bertz CT molecular complexity index is 547. The zero-order valence-corrected chi connectivity index (χ0v) is 11.0. The number of hydrogen-bond donors (Lipinski definition) is 1. The molecule has 9 heteroatoms. The molecule has 2 aliphatic heterocycles. The van der Waals surface area contributed by atoms with Crippen LogP contribution in [0.4, 0.5) is 18.3 Å². The van der Waals surface area contributed by atoms with E-state index in [1.807, 2.05) is 0 Å². The first-order valence-corrected chi connectivity index (χ1v) is 6.74. The van der Waals surface area contributed by atoms with Crippen molar-refractivity contribution in [1.82, 2.24) is 4.98 Å². The zero-order chi connectivity index (χ0) is 14.5.